The fourth-order valence-corrected chi connectivity index (χ4v) is 5.78. The van der Waals surface area contributed by atoms with E-state index in [1.54, 1.807) is 6.92 Å². The van der Waals surface area contributed by atoms with Gasteiger partial charge < -0.3 is 14.3 Å². The first kappa shape index (κ1) is 34.6. The molecule has 0 saturated heterocycles. The average molecular weight is 515 g/mol. The van der Waals surface area contributed by atoms with Gasteiger partial charge in [-0.1, -0.05) is 124 Å². The Bertz CT molecular complexity index is 515. The van der Waals surface area contributed by atoms with Crippen LogP contribution in [0.5, 0.6) is 0 Å². The lowest BCUT2D eigenvalue weighted by atomic mass is 9.96. The fraction of sp³-hybridized carbons (Fsp3) is 0.967. The van der Waals surface area contributed by atoms with Crippen LogP contribution in [-0.4, -0.2) is 38.7 Å². The summed E-state index contributed by atoms with van der Waals surface area (Å²) in [7, 11) is -0.562. The van der Waals surface area contributed by atoms with Crippen LogP contribution in [-0.2, 0) is 14.0 Å². The lowest BCUT2D eigenvalue weighted by Gasteiger charge is -2.40. The van der Waals surface area contributed by atoms with Crippen LogP contribution in [0, 0.1) is 5.92 Å². The third-order valence-corrected chi connectivity index (χ3v) is 12.6. The van der Waals surface area contributed by atoms with E-state index in [-0.39, 0.29) is 17.1 Å². The van der Waals surface area contributed by atoms with E-state index in [1.807, 2.05) is 0 Å². The maximum Gasteiger partial charge on any atom is 0.311 e. The molecule has 0 saturated carbocycles. The molecule has 0 unspecified atom stereocenters. The summed E-state index contributed by atoms with van der Waals surface area (Å²) in [4.78, 5) is 11.9. The Hall–Kier alpha value is -0.393. The number of rotatable bonds is 22. The van der Waals surface area contributed by atoms with Gasteiger partial charge in [0.25, 0.3) is 0 Å². The number of hydrogen-bond donors (Lipinski definition) is 1. The molecule has 0 spiro atoms. The summed E-state index contributed by atoms with van der Waals surface area (Å²) in [5.41, 5.74) is 0. The van der Waals surface area contributed by atoms with Crippen LogP contribution in [0.25, 0.3) is 0 Å². The molecule has 4 nitrogen and oxygen atoms in total. The van der Waals surface area contributed by atoms with E-state index >= 15 is 0 Å². The number of unbranched alkanes of at least 4 members (excludes halogenated alkanes) is 14. The van der Waals surface area contributed by atoms with Gasteiger partial charge in [-0.05, 0) is 37.9 Å². The first-order valence-electron chi connectivity index (χ1n) is 14.9. The second-order valence-electron chi connectivity index (χ2n) is 12.4. The summed E-state index contributed by atoms with van der Waals surface area (Å²) in [5.74, 6) is -0.873. The number of carbonyl (C=O) groups excluding carboxylic acids is 1. The zero-order valence-corrected chi connectivity index (χ0v) is 25.9. The molecule has 0 rings (SSSR count). The monoisotopic (exact) mass is 514 g/mol. The number of methoxy groups -OCH3 is 1. The van der Waals surface area contributed by atoms with Gasteiger partial charge in [-0.3, -0.25) is 4.79 Å². The maximum atomic E-state index is 11.9. The Balaban J connectivity index is 4.19. The number of aliphatic hydroxyl groups excluding tert-OH is 1. The molecule has 0 aromatic carbocycles. The second-order valence-corrected chi connectivity index (χ2v) is 17.1. The van der Waals surface area contributed by atoms with Gasteiger partial charge >= 0.3 is 5.97 Å². The van der Waals surface area contributed by atoms with E-state index in [2.05, 4.69) is 40.8 Å². The summed E-state index contributed by atoms with van der Waals surface area (Å²) < 4.78 is 11.5. The van der Waals surface area contributed by atoms with E-state index in [9.17, 15) is 9.90 Å². The van der Waals surface area contributed by atoms with Crippen LogP contribution >= 0.6 is 0 Å². The quantitative estimate of drug-likeness (QED) is 0.0888. The molecule has 35 heavy (non-hydrogen) atoms. The van der Waals surface area contributed by atoms with Crippen molar-refractivity contribution in [2.45, 2.75) is 174 Å². The third-order valence-electron chi connectivity index (χ3n) is 8.05. The number of esters is 1. The highest BCUT2D eigenvalue weighted by Gasteiger charge is 2.39. The molecule has 0 heterocycles. The molecule has 1 N–H and O–H groups in total. The predicted molar refractivity (Wildman–Crippen MR) is 153 cm³/mol. The predicted octanol–water partition coefficient (Wildman–Crippen LogP) is 9.20. The van der Waals surface area contributed by atoms with Crippen molar-refractivity contribution in [1.82, 2.24) is 0 Å². The topological polar surface area (TPSA) is 55.8 Å². The summed E-state index contributed by atoms with van der Waals surface area (Å²) in [6, 6.07) is 0. The van der Waals surface area contributed by atoms with Crippen molar-refractivity contribution in [2.75, 3.05) is 7.11 Å². The Labute approximate surface area is 220 Å². The van der Waals surface area contributed by atoms with Crippen molar-refractivity contribution in [3.8, 4) is 0 Å². The van der Waals surface area contributed by atoms with E-state index in [0.717, 1.165) is 12.8 Å². The zero-order chi connectivity index (χ0) is 26.7. The second kappa shape index (κ2) is 19.7. The summed E-state index contributed by atoms with van der Waals surface area (Å²) in [5, 5.41) is 10.8. The molecule has 0 fully saturated rings. The molecule has 0 aromatic heterocycles. The van der Waals surface area contributed by atoms with Crippen LogP contribution in [0.15, 0.2) is 0 Å². The first-order chi connectivity index (χ1) is 16.5. The number of hydrogen-bond acceptors (Lipinski definition) is 4. The van der Waals surface area contributed by atoms with Crippen molar-refractivity contribution in [1.29, 1.82) is 0 Å². The van der Waals surface area contributed by atoms with Crippen LogP contribution in [0.1, 0.15) is 144 Å². The number of ether oxygens (including phenoxy) is 1. The Morgan fingerprint density at radius 3 is 1.57 bits per heavy atom. The van der Waals surface area contributed by atoms with Crippen molar-refractivity contribution < 1.29 is 19.1 Å². The van der Waals surface area contributed by atoms with Gasteiger partial charge in [-0.2, -0.15) is 0 Å². The first-order valence-corrected chi connectivity index (χ1v) is 17.8. The number of carbonyl (C=O) groups is 1. The lowest BCUT2D eigenvalue weighted by Crippen LogP contribution is -2.45. The molecule has 210 valence electrons. The van der Waals surface area contributed by atoms with Gasteiger partial charge in [-0.15, -0.1) is 0 Å². The van der Waals surface area contributed by atoms with E-state index in [0.29, 0.717) is 6.42 Å². The SMILES string of the molecule is CCCCCCCCCCCCCCCCC[C@H](C[C@@H](O)[C@@H](C)C(=O)OC)O[Si](C)(C)C(C)(C)C. The third kappa shape index (κ3) is 16.9. The molecule has 0 aliphatic carbocycles. The van der Waals surface area contributed by atoms with Crippen molar-refractivity contribution in [3.05, 3.63) is 0 Å². The molecule has 0 aliphatic heterocycles. The molecule has 3 atom stereocenters. The average Bonchev–Trinajstić information content (AvgIpc) is 2.79. The summed E-state index contributed by atoms with van der Waals surface area (Å²) in [6.45, 7) is 15.3. The highest BCUT2D eigenvalue weighted by atomic mass is 28.4. The normalized spacial score (nSPS) is 15.1. The van der Waals surface area contributed by atoms with Crippen LogP contribution in [0.2, 0.25) is 18.1 Å². The van der Waals surface area contributed by atoms with Gasteiger partial charge in [0.05, 0.1) is 19.1 Å². The molecule has 0 bridgehead atoms. The van der Waals surface area contributed by atoms with E-state index in [1.165, 1.54) is 97.0 Å². The van der Waals surface area contributed by atoms with Gasteiger partial charge in [0.1, 0.15) is 0 Å². The Kier molecular flexibility index (Phi) is 19.5. The van der Waals surface area contributed by atoms with Crippen molar-refractivity contribution >= 4 is 14.3 Å². The molecule has 0 amide bonds. The standard InChI is InChI=1S/C30H62O4Si/c1-9-10-11-12-13-14-15-16-17-18-19-20-21-22-23-24-27(34-35(7,8)30(3,4)5)25-28(31)26(2)29(32)33-6/h26-28,31H,9-25H2,1-8H3/t26-,27-,28-/m1/s1. The van der Waals surface area contributed by atoms with Gasteiger partial charge in [0, 0.05) is 6.10 Å². The molecule has 0 aliphatic rings. The lowest BCUT2D eigenvalue weighted by molar-refractivity contribution is -0.149. The highest BCUT2D eigenvalue weighted by Crippen LogP contribution is 2.38. The molecule has 5 heteroatoms. The van der Waals surface area contributed by atoms with Crippen molar-refractivity contribution in [3.63, 3.8) is 0 Å². The molecule has 0 radical (unpaired) electrons. The Morgan fingerprint density at radius 2 is 1.20 bits per heavy atom. The van der Waals surface area contributed by atoms with Gasteiger partial charge in [0.15, 0.2) is 8.32 Å². The van der Waals surface area contributed by atoms with E-state index in [4.69, 9.17) is 9.16 Å². The van der Waals surface area contributed by atoms with Crippen molar-refractivity contribution in [2.24, 2.45) is 5.92 Å². The fourth-order valence-electron chi connectivity index (χ4n) is 4.38. The van der Waals surface area contributed by atoms with Crippen LogP contribution in [0.3, 0.4) is 0 Å². The highest BCUT2D eigenvalue weighted by molar-refractivity contribution is 6.74. The van der Waals surface area contributed by atoms with Crippen LogP contribution < -0.4 is 0 Å². The minimum Gasteiger partial charge on any atom is -0.469 e. The molecule has 0 aromatic rings. The number of aliphatic hydroxyl groups is 1. The minimum atomic E-state index is -1.94. The Morgan fingerprint density at radius 1 is 0.800 bits per heavy atom. The van der Waals surface area contributed by atoms with E-state index < -0.39 is 20.3 Å². The van der Waals surface area contributed by atoms with Crippen LogP contribution in [0.4, 0.5) is 0 Å². The molecular weight excluding hydrogens is 452 g/mol. The molecular formula is C30H62O4Si. The summed E-state index contributed by atoms with van der Waals surface area (Å²) in [6.07, 6.45) is 21.1. The summed E-state index contributed by atoms with van der Waals surface area (Å²) >= 11 is 0. The van der Waals surface area contributed by atoms with Gasteiger partial charge in [0.2, 0.25) is 0 Å². The maximum absolute atomic E-state index is 11.9. The smallest absolute Gasteiger partial charge is 0.311 e. The van der Waals surface area contributed by atoms with Gasteiger partial charge in [-0.25, -0.2) is 0 Å². The largest absolute Gasteiger partial charge is 0.469 e. The zero-order valence-electron chi connectivity index (χ0n) is 24.9. The minimum absolute atomic E-state index is 0.0000275.